The Hall–Kier alpha value is -9.54. The second kappa shape index (κ2) is 28.8. The first kappa shape index (κ1) is 63.0. The molecular weight excluding hydrogens is 1080 g/mol. The number of nitrogens with zero attached hydrogens (tertiary/aromatic N) is 10. The second-order valence-corrected chi connectivity index (χ2v) is 23.8. The molecule has 0 saturated heterocycles. The summed E-state index contributed by atoms with van der Waals surface area (Å²) in [5, 5.41) is 1.26. The number of aryl methyl sites for hydroxylation is 7. The van der Waals surface area contributed by atoms with Gasteiger partial charge in [0.15, 0.2) is 20.3 Å². The van der Waals surface area contributed by atoms with Crippen LogP contribution in [0.1, 0.15) is 99.2 Å². The van der Waals surface area contributed by atoms with Gasteiger partial charge in [0.2, 0.25) is 6.20 Å². The fourth-order valence-electron chi connectivity index (χ4n) is 11.9. The lowest BCUT2D eigenvalue weighted by Gasteiger charge is -2.34. The molecule has 5 heterocycles. The lowest BCUT2D eigenvalue weighted by Crippen LogP contribution is -2.37. The van der Waals surface area contributed by atoms with Gasteiger partial charge in [0.1, 0.15) is 35.4 Å². The Kier molecular flexibility index (Phi) is 20.6. The molecule has 0 aliphatic carbocycles. The molecule has 88 heavy (non-hydrogen) atoms. The van der Waals surface area contributed by atoms with E-state index in [2.05, 4.69) is 383 Å². The van der Waals surface area contributed by atoms with Gasteiger partial charge in [-0.1, -0.05) is 167 Å². The highest BCUT2D eigenvalue weighted by atomic mass is 15.4. The van der Waals surface area contributed by atoms with Gasteiger partial charge in [-0.3, -0.25) is 0 Å². The van der Waals surface area contributed by atoms with Crippen LogP contribution in [-0.4, -0.2) is 39.8 Å². The molecule has 10 heteroatoms. The molecular formula is C78H92N10+2. The van der Waals surface area contributed by atoms with Crippen LogP contribution < -0.4 is 33.9 Å². The zero-order valence-electron chi connectivity index (χ0n) is 54.6. The van der Waals surface area contributed by atoms with Crippen molar-refractivity contribution in [3.63, 3.8) is 0 Å². The first-order valence-electron chi connectivity index (χ1n) is 31.1. The highest BCUT2D eigenvalue weighted by molar-refractivity contribution is 5.79. The number of hydrogen-bond acceptors (Lipinski definition) is 6. The molecule has 0 N–H and O–H groups in total. The number of rotatable bonds is 9. The molecule has 452 valence electrons. The van der Waals surface area contributed by atoms with E-state index in [1.807, 2.05) is 25.4 Å². The lowest BCUT2D eigenvalue weighted by atomic mass is 9.92. The monoisotopic (exact) mass is 1170 g/mol. The molecule has 0 fully saturated rings. The van der Waals surface area contributed by atoms with Crippen LogP contribution in [0.3, 0.4) is 0 Å². The summed E-state index contributed by atoms with van der Waals surface area (Å²) in [6.07, 6.45) is 20.2. The minimum absolute atomic E-state index is 0.262. The molecule has 0 saturated carbocycles. The summed E-state index contributed by atoms with van der Waals surface area (Å²) in [7, 11) is 6.21. The molecule has 3 atom stereocenters. The molecule has 2 aromatic heterocycles. The van der Waals surface area contributed by atoms with Crippen LogP contribution >= 0.6 is 0 Å². The van der Waals surface area contributed by atoms with Crippen molar-refractivity contribution in [2.24, 2.45) is 14.1 Å². The fraction of sp³-hybridized carbons (Fsp3) is 0.256. The van der Waals surface area contributed by atoms with Crippen LogP contribution in [0.4, 0.5) is 28.4 Å². The average molecular weight is 1170 g/mol. The average Bonchev–Trinajstić information content (AvgIpc) is 4.57. The first-order chi connectivity index (χ1) is 42.4. The summed E-state index contributed by atoms with van der Waals surface area (Å²) >= 11 is 0. The van der Waals surface area contributed by atoms with Gasteiger partial charge in [-0.2, -0.15) is 0 Å². The van der Waals surface area contributed by atoms with Crippen molar-refractivity contribution < 1.29 is 9.36 Å². The Morgan fingerprint density at radius 2 is 0.761 bits per heavy atom. The van der Waals surface area contributed by atoms with E-state index in [1.54, 1.807) is 0 Å². The van der Waals surface area contributed by atoms with Crippen molar-refractivity contribution in [2.45, 2.75) is 113 Å². The van der Waals surface area contributed by atoms with Crippen molar-refractivity contribution in [3.8, 4) is 11.4 Å². The topological polar surface area (TPSA) is 37.1 Å². The first-order valence-corrected chi connectivity index (χ1v) is 31.1. The lowest BCUT2D eigenvalue weighted by molar-refractivity contribution is -0.744. The van der Waals surface area contributed by atoms with Crippen LogP contribution in [0.5, 0.6) is 0 Å². The van der Waals surface area contributed by atoms with Gasteiger partial charge in [-0.05, 0) is 161 Å². The molecule has 0 spiro atoms. The molecule has 0 bridgehead atoms. The van der Waals surface area contributed by atoms with E-state index in [1.165, 1.54) is 89.7 Å². The number of para-hydroxylation sites is 8. The highest BCUT2D eigenvalue weighted by Gasteiger charge is 2.30. The molecule has 3 aliphatic heterocycles. The third-order valence-electron chi connectivity index (χ3n) is 17.1. The Morgan fingerprint density at radius 3 is 1.22 bits per heavy atom. The van der Waals surface area contributed by atoms with E-state index in [4.69, 9.17) is 0 Å². The molecule has 8 aromatic carbocycles. The van der Waals surface area contributed by atoms with Crippen molar-refractivity contribution >= 4 is 39.3 Å². The van der Waals surface area contributed by atoms with Crippen LogP contribution in [-0.2, 0) is 14.1 Å². The smallest absolute Gasteiger partial charge is 0.203 e. The number of fused-ring (bicyclic) bond motifs is 1. The SMILES string of the molecule is Cc1ccccc1-n1c2ccccc2c[n+]1C.Cc1ccccc1-n1ccc[n+]1C.Cc1ccccc1N1C=CN(C)[C@@H]1C.Cc1ccccc1N1C=CN(c2c(C(C)C)cccc2C(C)C)[C@@H]1C.Cc1ccccc1N1C=CN(c2ccccc2)[C@@H]1C. The largest absolute Gasteiger partial charge is 0.359 e. The molecule has 0 radical (unpaired) electrons. The zero-order valence-corrected chi connectivity index (χ0v) is 54.6. The normalized spacial score (nSPS) is 15.7. The molecule has 10 nitrogen and oxygen atoms in total. The number of hydrogen-bond donors (Lipinski definition) is 0. The maximum Gasteiger partial charge on any atom is 0.203 e. The Bertz CT molecular complexity index is 3970. The quantitative estimate of drug-likeness (QED) is 0.134. The van der Waals surface area contributed by atoms with Gasteiger partial charge in [-0.25, -0.2) is 0 Å². The minimum atomic E-state index is 0.262. The summed E-state index contributed by atoms with van der Waals surface area (Å²) in [4.78, 5) is 13.9. The van der Waals surface area contributed by atoms with Gasteiger partial charge in [0, 0.05) is 78.8 Å². The number of anilines is 5. The third-order valence-corrected chi connectivity index (χ3v) is 17.1. The summed E-state index contributed by atoms with van der Waals surface area (Å²) in [5.41, 5.74) is 19.5. The van der Waals surface area contributed by atoms with Gasteiger partial charge in [-0.15, -0.1) is 18.7 Å². The van der Waals surface area contributed by atoms with E-state index in [0.717, 1.165) is 0 Å². The van der Waals surface area contributed by atoms with Gasteiger partial charge in [0.05, 0.1) is 11.6 Å². The molecule has 0 amide bonds. The van der Waals surface area contributed by atoms with Gasteiger partial charge >= 0.3 is 0 Å². The van der Waals surface area contributed by atoms with E-state index in [0.29, 0.717) is 24.2 Å². The molecule has 0 unspecified atom stereocenters. The Balaban J connectivity index is 0.000000133. The summed E-state index contributed by atoms with van der Waals surface area (Å²) in [6, 6.07) is 70.1. The Labute approximate surface area is 525 Å². The maximum absolute atomic E-state index is 2.44. The molecule has 10 aromatic rings. The second-order valence-electron chi connectivity index (χ2n) is 23.8. The minimum Gasteiger partial charge on any atom is -0.359 e. The van der Waals surface area contributed by atoms with Crippen LogP contribution in [0, 0.1) is 34.6 Å². The maximum atomic E-state index is 2.44. The van der Waals surface area contributed by atoms with Crippen LogP contribution in [0.2, 0.25) is 0 Å². The van der Waals surface area contributed by atoms with Crippen molar-refractivity contribution in [1.29, 1.82) is 0 Å². The standard InChI is InChI=1S/C23H30N2.C17H18N2.C15H15N2.C12H16N2.C11H13N2/c1-16(2)20-11-9-12-21(17(3)4)23(20)25-15-14-24(19(25)6)22-13-8-7-10-18(22)5;1-14-8-6-7-11-17(14)19-13-12-18(15(19)2)16-9-4-3-5-10-16;1-12-7-3-5-9-14(12)17-15-10-6-4-8-13(15)11-16(17)2;1-10-6-4-5-7-12(10)14-9-8-13(3)11(14)2;1-10-6-3-4-7-11(10)13-9-5-8-12(13)2/h7-17,19H,1-6H3;3-13,15H,1-2H3;3-11H,1-2H3;4-9,11H,1-3H3;3-9H,1-2H3/q;;+1;;+1/t19-;15-;;11-;/m10.0./s1. The summed E-state index contributed by atoms with van der Waals surface area (Å²) in [6.45, 7) is 26.6. The number of benzene rings is 8. The van der Waals surface area contributed by atoms with Gasteiger partial charge < -0.3 is 29.4 Å². The van der Waals surface area contributed by atoms with E-state index < -0.39 is 0 Å². The van der Waals surface area contributed by atoms with Crippen LogP contribution in [0.15, 0.2) is 256 Å². The third kappa shape index (κ3) is 14.1. The zero-order chi connectivity index (χ0) is 62.6. The summed E-state index contributed by atoms with van der Waals surface area (Å²) in [5.74, 6) is 1.00. The predicted octanol–water partition coefficient (Wildman–Crippen LogP) is 17.5. The van der Waals surface area contributed by atoms with Crippen molar-refractivity contribution in [1.82, 2.24) is 14.3 Å². The van der Waals surface area contributed by atoms with E-state index in [9.17, 15) is 0 Å². The van der Waals surface area contributed by atoms with E-state index in [-0.39, 0.29) is 6.17 Å². The van der Waals surface area contributed by atoms with Crippen molar-refractivity contribution in [2.75, 3.05) is 31.5 Å². The summed E-state index contributed by atoms with van der Waals surface area (Å²) < 4.78 is 8.55. The fourth-order valence-corrected chi connectivity index (χ4v) is 11.9. The molecule has 13 rings (SSSR count). The van der Waals surface area contributed by atoms with Crippen molar-refractivity contribution in [3.05, 3.63) is 295 Å². The predicted molar refractivity (Wildman–Crippen MR) is 371 cm³/mol. The Morgan fingerprint density at radius 1 is 0.364 bits per heavy atom. The van der Waals surface area contributed by atoms with E-state index >= 15 is 0 Å². The van der Waals surface area contributed by atoms with Gasteiger partial charge in [0.25, 0.3) is 0 Å². The highest BCUT2D eigenvalue weighted by Crippen LogP contribution is 2.40. The molecule has 3 aliphatic rings. The van der Waals surface area contributed by atoms with Crippen LogP contribution in [0.25, 0.3) is 22.3 Å². The number of aromatic nitrogens is 4.